The molecule has 0 fully saturated rings. The van der Waals surface area contributed by atoms with Gasteiger partial charge in [0.25, 0.3) is 5.91 Å². The van der Waals surface area contributed by atoms with Gasteiger partial charge >= 0.3 is 0 Å². The van der Waals surface area contributed by atoms with Gasteiger partial charge in [0.05, 0.1) is 7.11 Å². The number of benzene rings is 2. The second-order valence-electron chi connectivity index (χ2n) is 6.95. The Hall–Kier alpha value is -3.02. The van der Waals surface area contributed by atoms with E-state index < -0.39 is 6.04 Å². The Labute approximate surface area is 172 Å². The fraction of sp³-hybridized carbons (Fsp3) is 0.391. The van der Waals surface area contributed by atoms with Crippen LogP contribution in [0.4, 0.5) is 0 Å². The average molecular weight is 399 g/mol. The second kappa shape index (κ2) is 10.5. The molecule has 2 aromatic carbocycles. The van der Waals surface area contributed by atoms with Crippen LogP contribution in [0.1, 0.15) is 30.0 Å². The molecule has 1 atom stereocenters. The summed E-state index contributed by atoms with van der Waals surface area (Å²) in [6.07, 6.45) is 0.499. The zero-order chi connectivity index (χ0) is 21.4. The third-order valence-corrected chi connectivity index (χ3v) is 4.96. The summed E-state index contributed by atoms with van der Waals surface area (Å²) >= 11 is 0. The Bertz CT molecular complexity index is 851. The van der Waals surface area contributed by atoms with Gasteiger partial charge in [0, 0.05) is 13.6 Å². The Morgan fingerprint density at radius 3 is 2.45 bits per heavy atom. The highest BCUT2D eigenvalue weighted by molar-refractivity contribution is 5.88. The molecule has 0 aliphatic rings. The number of amides is 2. The van der Waals surface area contributed by atoms with Crippen molar-refractivity contribution in [1.29, 1.82) is 0 Å². The molecule has 0 bridgehead atoms. The van der Waals surface area contributed by atoms with Crippen molar-refractivity contribution in [3.63, 3.8) is 0 Å². The van der Waals surface area contributed by atoms with E-state index in [2.05, 4.69) is 5.32 Å². The minimum atomic E-state index is -0.581. The second-order valence-corrected chi connectivity index (χ2v) is 6.95. The van der Waals surface area contributed by atoms with Gasteiger partial charge in [-0.05, 0) is 61.2 Å². The van der Waals surface area contributed by atoms with Crippen molar-refractivity contribution in [3.05, 3.63) is 59.2 Å². The lowest BCUT2D eigenvalue weighted by atomic mass is 10.1. The van der Waals surface area contributed by atoms with Gasteiger partial charge in [-0.25, -0.2) is 0 Å². The number of nitrogens with one attached hydrogen (secondary N) is 1. The summed E-state index contributed by atoms with van der Waals surface area (Å²) in [5, 5.41) is 2.65. The quantitative estimate of drug-likeness (QED) is 0.704. The molecule has 6 heteroatoms. The predicted octanol–water partition coefficient (Wildman–Crippen LogP) is 3.24. The molecule has 29 heavy (non-hydrogen) atoms. The third-order valence-electron chi connectivity index (χ3n) is 4.96. The molecular formula is C23H30N2O4. The number of hydrogen-bond acceptors (Lipinski definition) is 4. The number of hydrogen-bond donors (Lipinski definition) is 1. The van der Waals surface area contributed by atoms with Crippen LogP contribution in [0.5, 0.6) is 11.5 Å². The summed E-state index contributed by atoms with van der Waals surface area (Å²) in [6.45, 7) is 6.06. The van der Waals surface area contributed by atoms with E-state index in [1.807, 2.05) is 63.2 Å². The lowest BCUT2D eigenvalue weighted by Crippen LogP contribution is -2.49. The Morgan fingerprint density at radius 1 is 1.07 bits per heavy atom. The zero-order valence-electron chi connectivity index (χ0n) is 17.8. The van der Waals surface area contributed by atoms with Gasteiger partial charge in [0.2, 0.25) is 5.91 Å². The molecule has 156 valence electrons. The lowest BCUT2D eigenvalue weighted by Gasteiger charge is -2.30. The van der Waals surface area contributed by atoms with Crippen molar-refractivity contribution < 1.29 is 19.1 Å². The molecule has 2 aromatic rings. The van der Waals surface area contributed by atoms with Gasteiger partial charge in [0.15, 0.2) is 6.61 Å². The summed E-state index contributed by atoms with van der Waals surface area (Å²) in [5.74, 6) is 0.890. The third kappa shape index (κ3) is 5.98. The number of methoxy groups -OCH3 is 1. The van der Waals surface area contributed by atoms with Crippen LogP contribution >= 0.6 is 0 Å². The van der Waals surface area contributed by atoms with Crippen LogP contribution in [0.15, 0.2) is 42.5 Å². The molecular weight excluding hydrogens is 368 g/mol. The number of carbonyl (C=O) groups is 2. The van der Waals surface area contributed by atoms with Crippen molar-refractivity contribution >= 4 is 11.8 Å². The molecule has 0 aliphatic carbocycles. The van der Waals surface area contributed by atoms with E-state index in [9.17, 15) is 9.59 Å². The number of nitrogens with zero attached hydrogens (tertiary/aromatic N) is 1. The van der Waals surface area contributed by atoms with Gasteiger partial charge in [-0.15, -0.1) is 0 Å². The molecule has 0 saturated heterocycles. The molecule has 0 heterocycles. The van der Waals surface area contributed by atoms with E-state index in [1.54, 1.807) is 19.1 Å². The Balaban J connectivity index is 2.21. The number of rotatable bonds is 9. The summed E-state index contributed by atoms with van der Waals surface area (Å²) in [6, 6.07) is 12.6. The average Bonchev–Trinajstić information content (AvgIpc) is 2.74. The lowest BCUT2D eigenvalue weighted by molar-refractivity contribution is -0.142. The first-order chi connectivity index (χ1) is 13.9. The summed E-state index contributed by atoms with van der Waals surface area (Å²) in [5.41, 5.74) is 3.14. The normalized spacial score (nSPS) is 11.5. The molecule has 1 unspecified atom stereocenters. The predicted molar refractivity (Wildman–Crippen MR) is 113 cm³/mol. The highest BCUT2D eigenvalue weighted by atomic mass is 16.5. The van der Waals surface area contributed by atoms with Crippen molar-refractivity contribution in [1.82, 2.24) is 10.2 Å². The number of aryl methyl sites for hydroxylation is 2. The van der Waals surface area contributed by atoms with Crippen LogP contribution in [0.2, 0.25) is 0 Å². The van der Waals surface area contributed by atoms with E-state index in [0.29, 0.717) is 17.9 Å². The fourth-order valence-corrected chi connectivity index (χ4v) is 3.09. The minimum absolute atomic E-state index is 0.139. The molecule has 0 aliphatic heterocycles. The maximum Gasteiger partial charge on any atom is 0.261 e. The summed E-state index contributed by atoms with van der Waals surface area (Å²) < 4.78 is 11.0. The summed E-state index contributed by atoms with van der Waals surface area (Å²) in [7, 11) is 3.17. The monoisotopic (exact) mass is 398 g/mol. The van der Waals surface area contributed by atoms with Gasteiger partial charge in [-0.3, -0.25) is 9.59 Å². The van der Waals surface area contributed by atoms with Crippen LogP contribution in [0, 0.1) is 13.8 Å². The highest BCUT2D eigenvalue weighted by Crippen LogP contribution is 2.19. The molecule has 0 radical (unpaired) electrons. The van der Waals surface area contributed by atoms with Crippen molar-refractivity contribution in [2.24, 2.45) is 0 Å². The van der Waals surface area contributed by atoms with E-state index in [-0.39, 0.29) is 25.0 Å². The smallest absolute Gasteiger partial charge is 0.261 e. The molecule has 0 aromatic heterocycles. The number of carbonyl (C=O) groups excluding carboxylic acids is 2. The van der Waals surface area contributed by atoms with Gasteiger partial charge in [0.1, 0.15) is 17.5 Å². The molecule has 1 N–H and O–H groups in total. The largest absolute Gasteiger partial charge is 0.497 e. The van der Waals surface area contributed by atoms with Gasteiger partial charge < -0.3 is 19.7 Å². The van der Waals surface area contributed by atoms with Crippen LogP contribution in [-0.2, 0) is 16.1 Å². The van der Waals surface area contributed by atoms with Crippen molar-refractivity contribution in [3.8, 4) is 11.5 Å². The number of likely N-dealkylation sites (N-methyl/N-ethyl adjacent to an activating group) is 1. The van der Waals surface area contributed by atoms with E-state index in [4.69, 9.17) is 9.47 Å². The molecule has 6 nitrogen and oxygen atoms in total. The molecule has 2 amide bonds. The summed E-state index contributed by atoms with van der Waals surface area (Å²) in [4.78, 5) is 27.0. The van der Waals surface area contributed by atoms with Crippen molar-refractivity contribution in [2.45, 2.75) is 39.8 Å². The maximum atomic E-state index is 13.0. The van der Waals surface area contributed by atoms with Crippen LogP contribution < -0.4 is 14.8 Å². The Morgan fingerprint density at radius 2 is 1.83 bits per heavy atom. The van der Waals surface area contributed by atoms with Crippen LogP contribution in [0.25, 0.3) is 0 Å². The zero-order valence-corrected chi connectivity index (χ0v) is 17.8. The first-order valence-corrected chi connectivity index (χ1v) is 9.73. The molecule has 2 rings (SSSR count). The minimum Gasteiger partial charge on any atom is -0.497 e. The van der Waals surface area contributed by atoms with E-state index in [0.717, 1.165) is 16.7 Å². The number of ether oxygens (including phenoxy) is 2. The molecule has 0 spiro atoms. The first kappa shape index (κ1) is 22.3. The standard InChI is InChI=1S/C23H30N2O4/c1-6-21(23(27)24-4)25(14-18-8-7-9-19(13-18)28-5)22(26)15-29-20-11-10-16(2)17(3)12-20/h7-13,21H,6,14-15H2,1-5H3,(H,24,27). The highest BCUT2D eigenvalue weighted by Gasteiger charge is 2.28. The van der Waals surface area contributed by atoms with Crippen LogP contribution in [0.3, 0.4) is 0 Å². The molecule has 0 saturated carbocycles. The SMILES string of the molecule is CCC(C(=O)NC)N(Cc1cccc(OC)c1)C(=O)COc1ccc(C)c(C)c1. The maximum absolute atomic E-state index is 13.0. The van der Waals surface area contributed by atoms with Crippen LogP contribution in [-0.4, -0.2) is 43.5 Å². The van der Waals surface area contributed by atoms with E-state index in [1.165, 1.54) is 0 Å². The first-order valence-electron chi connectivity index (χ1n) is 9.73. The fourth-order valence-electron chi connectivity index (χ4n) is 3.09. The van der Waals surface area contributed by atoms with Crippen molar-refractivity contribution in [2.75, 3.05) is 20.8 Å². The van der Waals surface area contributed by atoms with E-state index >= 15 is 0 Å². The Kier molecular flexibility index (Phi) is 8.07. The topological polar surface area (TPSA) is 67.9 Å². The van der Waals surface area contributed by atoms with Gasteiger partial charge in [-0.1, -0.05) is 25.1 Å². The van der Waals surface area contributed by atoms with Gasteiger partial charge in [-0.2, -0.15) is 0 Å².